The molecule has 0 aliphatic carbocycles. The Kier molecular flexibility index (Phi) is 3.01. The van der Waals surface area contributed by atoms with Crippen molar-refractivity contribution in [1.82, 2.24) is 14.1 Å². The van der Waals surface area contributed by atoms with Crippen molar-refractivity contribution in [3.63, 3.8) is 0 Å². The highest BCUT2D eigenvalue weighted by Crippen LogP contribution is 2.24. The lowest BCUT2D eigenvalue weighted by atomic mass is 10.1. The first kappa shape index (κ1) is 12.5. The first-order valence-corrected chi connectivity index (χ1v) is 5.58. The third-order valence-corrected chi connectivity index (χ3v) is 3.14. The van der Waals surface area contributed by atoms with Gasteiger partial charge in [-0.1, -0.05) is 4.73 Å². The van der Waals surface area contributed by atoms with Crippen molar-refractivity contribution in [1.29, 1.82) is 5.41 Å². The maximum absolute atomic E-state index is 12.5. The highest BCUT2D eigenvalue weighted by atomic mass is 16.6. The first-order valence-electron chi connectivity index (χ1n) is 5.58. The zero-order valence-corrected chi connectivity index (χ0v) is 9.65. The molecule has 4 N–H and O–H groups in total. The summed E-state index contributed by atoms with van der Waals surface area (Å²) in [5, 5.41) is 50.6. The van der Waals surface area contributed by atoms with Crippen molar-refractivity contribution < 1.29 is 15.6 Å². The molecule has 0 unspecified atom stereocenters. The van der Waals surface area contributed by atoms with Crippen LogP contribution in [0.3, 0.4) is 0 Å². The van der Waals surface area contributed by atoms with Gasteiger partial charge >= 0.3 is 5.62 Å². The van der Waals surface area contributed by atoms with Crippen LogP contribution in [0.4, 0.5) is 5.82 Å². The summed E-state index contributed by atoms with van der Waals surface area (Å²) in [6.45, 7) is 0.556. The molecular weight excluding hydrogens is 242 g/mol. The number of hydrogen-bond acceptors (Lipinski definition) is 6. The van der Waals surface area contributed by atoms with E-state index in [1.165, 1.54) is 0 Å². The third-order valence-electron chi connectivity index (χ3n) is 3.14. The van der Waals surface area contributed by atoms with E-state index in [2.05, 4.69) is 5.16 Å². The summed E-state index contributed by atoms with van der Waals surface area (Å²) in [7, 11) is 0. The molecule has 1 saturated heterocycles. The highest BCUT2D eigenvalue weighted by molar-refractivity contribution is 5.34. The molecule has 0 saturated carbocycles. The molecule has 1 aliphatic rings. The minimum Gasteiger partial charge on any atom is -0.626 e. The number of nitrogens with zero attached hydrogens (tertiary/aromatic N) is 4. The summed E-state index contributed by atoms with van der Waals surface area (Å²) in [5.74, 6) is -0.127. The van der Waals surface area contributed by atoms with Crippen LogP contribution < -0.4 is 15.8 Å². The van der Waals surface area contributed by atoms with Crippen molar-refractivity contribution in [2.45, 2.75) is 19.3 Å². The molecule has 1 aromatic heterocycles. The van der Waals surface area contributed by atoms with Crippen LogP contribution in [0.1, 0.15) is 19.3 Å². The molecule has 18 heavy (non-hydrogen) atoms. The lowest BCUT2D eigenvalue weighted by molar-refractivity contribution is 0.0723. The van der Waals surface area contributed by atoms with E-state index < -0.39 is 15.8 Å². The normalized spacial score (nSPS) is 19.9. The van der Waals surface area contributed by atoms with Gasteiger partial charge in [0.15, 0.2) is 5.49 Å². The van der Waals surface area contributed by atoms with Crippen LogP contribution in [0, 0.1) is 10.6 Å². The fourth-order valence-corrected chi connectivity index (χ4v) is 2.17. The van der Waals surface area contributed by atoms with Crippen molar-refractivity contribution in [3.05, 3.63) is 22.4 Å². The number of aromatic nitrogens is 2. The Balaban J connectivity index is 2.65. The number of nitrogens with one attached hydrogen (secondary N) is 1. The van der Waals surface area contributed by atoms with Crippen LogP contribution in [-0.2, 0) is 0 Å². The molecule has 100 valence electrons. The summed E-state index contributed by atoms with van der Waals surface area (Å²) in [4.78, 5) is 0. The topological polar surface area (TPSA) is 130 Å². The summed E-state index contributed by atoms with van der Waals surface area (Å²) < 4.78 is -0.304. The SMILES string of the molecule is N=c1cc([N+]2([O-])CCCCC2)n(O)c(=NO)n1O. The predicted molar refractivity (Wildman–Crippen MR) is 58.7 cm³/mol. The van der Waals surface area contributed by atoms with Crippen molar-refractivity contribution in [2.24, 2.45) is 5.16 Å². The molecule has 1 aromatic rings. The van der Waals surface area contributed by atoms with Gasteiger partial charge in [0, 0.05) is 0 Å². The number of quaternary nitrogens is 1. The summed E-state index contributed by atoms with van der Waals surface area (Å²) in [6.07, 6.45) is 2.39. The second kappa shape index (κ2) is 4.35. The summed E-state index contributed by atoms with van der Waals surface area (Å²) >= 11 is 0. The van der Waals surface area contributed by atoms with Crippen molar-refractivity contribution in [2.75, 3.05) is 13.1 Å². The van der Waals surface area contributed by atoms with E-state index in [4.69, 9.17) is 10.6 Å². The van der Waals surface area contributed by atoms with Gasteiger partial charge in [-0.25, -0.2) is 0 Å². The number of hydroxylamine groups is 2. The van der Waals surface area contributed by atoms with Gasteiger partial charge in [-0.05, 0) is 24.4 Å². The molecule has 0 aromatic carbocycles. The minimum absolute atomic E-state index is 0.127. The third kappa shape index (κ3) is 1.83. The maximum Gasteiger partial charge on any atom is 0.319 e. The molecule has 1 aliphatic heterocycles. The summed E-state index contributed by atoms with van der Waals surface area (Å²) in [5.41, 5.74) is -1.13. The molecule has 0 amide bonds. The largest absolute Gasteiger partial charge is 0.626 e. The first-order chi connectivity index (χ1) is 8.49. The van der Waals surface area contributed by atoms with E-state index >= 15 is 0 Å². The fourth-order valence-electron chi connectivity index (χ4n) is 2.17. The van der Waals surface area contributed by atoms with Gasteiger partial charge in [-0.2, -0.15) is 0 Å². The highest BCUT2D eigenvalue weighted by Gasteiger charge is 2.28. The quantitative estimate of drug-likeness (QED) is 0.178. The van der Waals surface area contributed by atoms with Crippen LogP contribution in [0.2, 0.25) is 0 Å². The Bertz CT molecular complexity index is 569. The molecule has 2 rings (SSSR count). The predicted octanol–water partition coefficient (Wildman–Crippen LogP) is -0.477. The molecule has 0 radical (unpaired) electrons. The van der Waals surface area contributed by atoms with E-state index in [0.29, 0.717) is 4.73 Å². The molecule has 0 atom stereocenters. The van der Waals surface area contributed by atoms with Crippen LogP contribution in [0.15, 0.2) is 11.2 Å². The second-order valence-corrected chi connectivity index (χ2v) is 4.31. The minimum atomic E-state index is -0.800. The van der Waals surface area contributed by atoms with E-state index in [1.54, 1.807) is 0 Å². The van der Waals surface area contributed by atoms with Crippen LogP contribution in [0.5, 0.6) is 0 Å². The van der Waals surface area contributed by atoms with Crippen LogP contribution in [-0.4, -0.2) is 38.2 Å². The van der Waals surface area contributed by atoms with Crippen LogP contribution >= 0.6 is 0 Å². The number of piperidine rings is 1. The average molecular weight is 257 g/mol. The van der Waals surface area contributed by atoms with Crippen LogP contribution in [0.25, 0.3) is 0 Å². The zero-order valence-electron chi connectivity index (χ0n) is 9.65. The number of rotatable bonds is 1. The van der Waals surface area contributed by atoms with Crippen molar-refractivity contribution >= 4 is 5.82 Å². The van der Waals surface area contributed by atoms with Gasteiger partial charge in [0.25, 0.3) is 0 Å². The Hall–Kier alpha value is -2.00. The van der Waals surface area contributed by atoms with Gasteiger partial charge in [0.05, 0.1) is 19.2 Å². The average Bonchev–Trinajstić information content (AvgIpc) is 2.35. The fraction of sp³-hybridized carbons (Fsp3) is 0.556. The second-order valence-electron chi connectivity index (χ2n) is 4.31. The van der Waals surface area contributed by atoms with E-state index in [1.807, 2.05) is 0 Å². The maximum atomic E-state index is 12.5. The lowest BCUT2D eigenvalue weighted by Gasteiger charge is -2.44. The standard InChI is InChI=1S/C9H15N5O4/c10-7-6-8(13(17)9(11-15)12(7)16)14(18)4-2-1-3-5-14/h6,10,15-17H,1-5H2. The Morgan fingerprint density at radius 3 is 2.39 bits per heavy atom. The van der Waals surface area contributed by atoms with Gasteiger partial charge in [-0.15, -0.1) is 4.73 Å². The molecular formula is C9H15N5O4. The Morgan fingerprint density at radius 2 is 1.83 bits per heavy atom. The monoisotopic (exact) mass is 257 g/mol. The molecule has 9 nitrogen and oxygen atoms in total. The van der Waals surface area contributed by atoms with Gasteiger partial charge in [0.2, 0.25) is 5.82 Å². The zero-order chi connectivity index (χ0) is 13.3. The molecule has 0 spiro atoms. The van der Waals surface area contributed by atoms with Gasteiger partial charge < -0.3 is 25.5 Å². The van der Waals surface area contributed by atoms with Gasteiger partial charge in [0.1, 0.15) is 0 Å². The molecule has 0 bridgehead atoms. The molecule has 1 fully saturated rings. The Morgan fingerprint density at radius 1 is 1.22 bits per heavy atom. The van der Waals surface area contributed by atoms with E-state index in [0.717, 1.165) is 25.3 Å². The lowest BCUT2D eigenvalue weighted by Crippen LogP contribution is -2.52. The smallest absolute Gasteiger partial charge is 0.319 e. The van der Waals surface area contributed by atoms with E-state index in [9.17, 15) is 15.6 Å². The Labute approximate surface area is 102 Å². The van der Waals surface area contributed by atoms with E-state index in [-0.39, 0.29) is 23.6 Å². The summed E-state index contributed by atoms with van der Waals surface area (Å²) in [6, 6.07) is 1.06. The van der Waals surface area contributed by atoms with Gasteiger partial charge in [-0.3, -0.25) is 5.41 Å². The number of hydrogen-bond donors (Lipinski definition) is 4. The molecule has 9 heteroatoms. The molecule has 2 heterocycles. The van der Waals surface area contributed by atoms with Crippen molar-refractivity contribution in [3.8, 4) is 0 Å².